The van der Waals surface area contributed by atoms with Crippen molar-refractivity contribution in [3.8, 4) is 0 Å². The number of carbonyl (C=O) groups is 1. The van der Waals surface area contributed by atoms with Crippen molar-refractivity contribution < 1.29 is 13.7 Å². The van der Waals surface area contributed by atoms with E-state index in [0.717, 1.165) is 12.8 Å². The van der Waals surface area contributed by atoms with Gasteiger partial charge in [-0.15, -0.1) is 0 Å². The van der Waals surface area contributed by atoms with E-state index in [1.807, 2.05) is 0 Å². The summed E-state index contributed by atoms with van der Waals surface area (Å²) >= 11 is 0. The van der Waals surface area contributed by atoms with Gasteiger partial charge in [-0.2, -0.15) is 0 Å². The first-order chi connectivity index (χ1) is 7.11. The molecule has 2 unspecified atom stereocenters. The van der Waals surface area contributed by atoms with E-state index < -0.39 is 22.8 Å². The molecule has 0 saturated heterocycles. The van der Waals surface area contributed by atoms with Crippen LogP contribution in [0.5, 0.6) is 0 Å². The van der Waals surface area contributed by atoms with E-state index >= 15 is 0 Å². The Balaban J connectivity index is 3.65. The van der Waals surface area contributed by atoms with Crippen LogP contribution in [0.4, 0.5) is 0 Å². The van der Waals surface area contributed by atoms with Crippen LogP contribution in [0.3, 0.4) is 0 Å². The fourth-order valence-electron chi connectivity index (χ4n) is 1.03. The first kappa shape index (κ1) is 14.6. The van der Waals surface area contributed by atoms with Gasteiger partial charge in [-0.05, 0) is 19.8 Å². The molecular weight excluding hydrogens is 214 g/mol. The molecule has 15 heavy (non-hydrogen) atoms. The molecule has 0 aliphatic carbocycles. The molecule has 0 amide bonds. The monoisotopic (exact) mass is 235 g/mol. The molecule has 2 N–H and O–H groups in total. The molecule has 0 heterocycles. The second-order valence-corrected chi connectivity index (χ2v) is 5.04. The summed E-state index contributed by atoms with van der Waals surface area (Å²) in [6, 6.07) is -0.629. The summed E-state index contributed by atoms with van der Waals surface area (Å²) in [5.41, 5.74) is 5.57. The van der Waals surface area contributed by atoms with Crippen molar-refractivity contribution in [2.45, 2.75) is 39.2 Å². The van der Waals surface area contributed by atoms with Crippen LogP contribution >= 0.6 is 0 Å². The van der Waals surface area contributed by atoms with Crippen molar-refractivity contribution in [1.29, 1.82) is 0 Å². The van der Waals surface area contributed by atoms with Crippen molar-refractivity contribution in [2.75, 3.05) is 18.1 Å². The van der Waals surface area contributed by atoms with Gasteiger partial charge in [0.25, 0.3) is 0 Å². The van der Waals surface area contributed by atoms with Gasteiger partial charge in [-0.1, -0.05) is 13.3 Å². The summed E-state index contributed by atoms with van der Waals surface area (Å²) in [5.74, 6) is 0.788. The maximum Gasteiger partial charge on any atom is 0.322 e. The molecule has 0 saturated carbocycles. The van der Waals surface area contributed by atoms with Gasteiger partial charge < -0.3 is 10.5 Å². The number of ether oxygens (including phenoxy) is 1. The third kappa shape index (κ3) is 7.50. The molecule has 0 aromatic rings. The van der Waals surface area contributed by atoms with Gasteiger partial charge in [-0.25, -0.2) is 0 Å². The van der Waals surface area contributed by atoms with Crippen molar-refractivity contribution in [1.82, 2.24) is 0 Å². The Hall–Kier alpha value is -0.420. The maximum atomic E-state index is 11.4. The fraction of sp³-hybridized carbons (Fsp3) is 0.900. The predicted octanol–water partition coefficient (Wildman–Crippen LogP) is 0.816. The first-order valence-electron chi connectivity index (χ1n) is 5.39. The summed E-state index contributed by atoms with van der Waals surface area (Å²) in [7, 11) is -0.849. The normalized spacial score (nSPS) is 14.6. The molecule has 90 valence electrons. The zero-order chi connectivity index (χ0) is 11.7. The van der Waals surface area contributed by atoms with E-state index in [9.17, 15) is 9.00 Å². The average Bonchev–Trinajstić information content (AvgIpc) is 2.23. The Bertz CT molecular complexity index is 209. The summed E-state index contributed by atoms with van der Waals surface area (Å²) in [5, 5.41) is 0. The zero-order valence-corrected chi connectivity index (χ0v) is 10.3. The lowest BCUT2D eigenvalue weighted by molar-refractivity contribution is -0.144. The van der Waals surface area contributed by atoms with E-state index in [1.165, 1.54) is 0 Å². The Morgan fingerprint density at radius 1 is 1.40 bits per heavy atom. The second kappa shape index (κ2) is 8.85. The number of hydrogen-bond acceptors (Lipinski definition) is 4. The molecule has 5 heteroatoms. The summed E-state index contributed by atoms with van der Waals surface area (Å²) in [6.07, 6.45) is 2.44. The molecule has 0 aromatic heterocycles. The highest BCUT2D eigenvalue weighted by atomic mass is 32.2. The van der Waals surface area contributed by atoms with E-state index in [1.54, 1.807) is 6.92 Å². The second-order valence-electron chi connectivity index (χ2n) is 3.35. The van der Waals surface area contributed by atoms with E-state index in [0.29, 0.717) is 24.5 Å². The van der Waals surface area contributed by atoms with E-state index in [4.69, 9.17) is 10.5 Å². The average molecular weight is 235 g/mol. The quantitative estimate of drug-likeness (QED) is 0.632. The molecule has 0 aromatic carbocycles. The summed E-state index contributed by atoms with van der Waals surface area (Å²) in [4.78, 5) is 11.1. The number of nitrogens with two attached hydrogens (primary N) is 1. The van der Waals surface area contributed by atoms with Crippen molar-refractivity contribution in [3.05, 3.63) is 0 Å². The standard InChI is InChI=1S/C10H21NO3S/c1-3-5-7-15(13)8-6-9(11)10(12)14-4-2/h9H,3-8,11H2,1-2H3. The van der Waals surface area contributed by atoms with E-state index in [-0.39, 0.29) is 0 Å². The molecule has 0 fully saturated rings. The molecular formula is C10H21NO3S. The van der Waals surface area contributed by atoms with Crippen LogP contribution in [-0.2, 0) is 20.3 Å². The van der Waals surface area contributed by atoms with Gasteiger partial charge >= 0.3 is 5.97 Å². The molecule has 0 rings (SSSR count). The topological polar surface area (TPSA) is 69.4 Å². The van der Waals surface area contributed by atoms with Crippen LogP contribution in [-0.4, -0.2) is 34.3 Å². The fourth-order valence-corrected chi connectivity index (χ4v) is 2.36. The third-order valence-electron chi connectivity index (χ3n) is 1.97. The Kier molecular flexibility index (Phi) is 8.61. The smallest absolute Gasteiger partial charge is 0.322 e. The predicted molar refractivity (Wildman–Crippen MR) is 62.0 cm³/mol. The first-order valence-corrected chi connectivity index (χ1v) is 6.87. The lowest BCUT2D eigenvalue weighted by Crippen LogP contribution is -2.33. The minimum absolute atomic E-state index is 0.339. The highest BCUT2D eigenvalue weighted by Gasteiger charge is 2.15. The lowest BCUT2D eigenvalue weighted by Gasteiger charge is -2.09. The Labute approximate surface area is 94.0 Å². The minimum atomic E-state index is -0.849. The van der Waals surface area contributed by atoms with Gasteiger partial charge in [-0.3, -0.25) is 9.00 Å². The number of unbranched alkanes of at least 4 members (excludes halogenated alkanes) is 1. The van der Waals surface area contributed by atoms with E-state index in [2.05, 4.69) is 6.92 Å². The van der Waals surface area contributed by atoms with Crippen LogP contribution in [0, 0.1) is 0 Å². The molecule has 0 aliphatic rings. The molecule has 0 bridgehead atoms. The largest absolute Gasteiger partial charge is 0.465 e. The Morgan fingerprint density at radius 3 is 2.60 bits per heavy atom. The summed E-state index contributed by atoms with van der Waals surface area (Å²) < 4.78 is 16.1. The van der Waals surface area contributed by atoms with Crippen LogP contribution < -0.4 is 5.73 Å². The van der Waals surface area contributed by atoms with Crippen molar-refractivity contribution in [2.24, 2.45) is 5.73 Å². The molecule has 0 aliphatic heterocycles. The Morgan fingerprint density at radius 2 is 2.07 bits per heavy atom. The highest BCUT2D eigenvalue weighted by molar-refractivity contribution is 7.84. The van der Waals surface area contributed by atoms with Crippen molar-refractivity contribution in [3.63, 3.8) is 0 Å². The maximum absolute atomic E-state index is 11.4. The number of esters is 1. The molecule has 0 radical (unpaired) electrons. The number of carbonyl (C=O) groups excluding carboxylic acids is 1. The van der Waals surface area contributed by atoms with Gasteiger partial charge in [0.2, 0.25) is 0 Å². The SMILES string of the molecule is CCCCS(=O)CCC(N)C(=O)OCC. The van der Waals surface area contributed by atoms with Crippen LogP contribution in [0.2, 0.25) is 0 Å². The van der Waals surface area contributed by atoms with Crippen LogP contribution in [0.1, 0.15) is 33.1 Å². The highest BCUT2D eigenvalue weighted by Crippen LogP contribution is 1.98. The van der Waals surface area contributed by atoms with Gasteiger partial charge in [0, 0.05) is 22.3 Å². The molecule has 0 spiro atoms. The van der Waals surface area contributed by atoms with Gasteiger partial charge in [0.15, 0.2) is 0 Å². The number of rotatable bonds is 8. The number of hydrogen-bond donors (Lipinski definition) is 1. The van der Waals surface area contributed by atoms with Crippen molar-refractivity contribution >= 4 is 16.8 Å². The molecule has 2 atom stereocenters. The lowest BCUT2D eigenvalue weighted by atomic mass is 10.2. The van der Waals surface area contributed by atoms with Gasteiger partial charge in [0.1, 0.15) is 6.04 Å². The minimum Gasteiger partial charge on any atom is -0.465 e. The molecule has 4 nitrogen and oxygen atoms in total. The third-order valence-corrected chi connectivity index (χ3v) is 3.41. The zero-order valence-electron chi connectivity index (χ0n) is 9.53. The van der Waals surface area contributed by atoms with Gasteiger partial charge in [0.05, 0.1) is 6.61 Å². The summed E-state index contributed by atoms with van der Waals surface area (Å²) in [6.45, 7) is 4.14. The van der Waals surface area contributed by atoms with Crippen LogP contribution in [0.25, 0.3) is 0 Å². The van der Waals surface area contributed by atoms with Crippen LogP contribution in [0.15, 0.2) is 0 Å².